The van der Waals surface area contributed by atoms with Crippen LogP contribution in [-0.2, 0) is 0 Å². The van der Waals surface area contributed by atoms with Gasteiger partial charge in [0.2, 0.25) is 0 Å². The third kappa shape index (κ3) is 1.84. The molecule has 0 aliphatic heterocycles. The zero-order chi connectivity index (χ0) is 9.97. The lowest BCUT2D eigenvalue weighted by molar-refractivity contribution is 0.273. The van der Waals surface area contributed by atoms with Crippen molar-refractivity contribution in [1.82, 2.24) is 0 Å². The van der Waals surface area contributed by atoms with E-state index in [1.165, 1.54) is 43.3 Å². The van der Waals surface area contributed by atoms with Gasteiger partial charge in [0.05, 0.1) is 0 Å². The van der Waals surface area contributed by atoms with E-state index < -0.39 is 0 Å². The minimum atomic E-state index is 0.808. The second-order valence-electron chi connectivity index (χ2n) is 4.47. The van der Waals surface area contributed by atoms with Gasteiger partial charge < -0.3 is 0 Å². The van der Waals surface area contributed by atoms with Gasteiger partial charge in [-0.05, 0) is 61.7 Å². The van der Waals surface area contributed by atoms with Crippen LogP contribution < -0.4 is 0 Å². The topological polar surface area (TPSA) is 0 Å². The highest BCUT2D eigenvalue weighted by atomic mass is 14.3. The maximum absolute atomic E-state index is 3.76. The molecule has 0 heteroatoms. The van der Waals surface area contributed by atoms with Gasteiger partial charge >= 0.3 is 0 Å². The van der Waals surface area contributed by atoms with Gasteiger partial charge in [-0.25, -0.2) is 0 Å². The third-order valence-corrected chi connectivity index (χ3v) is 3.32. The molecule has 0 radical (unpaired) electrons. The van der Waals surface area contributed by atoms with Crippen molar-refractivity contribution < 1.29 is 0 Å². The Morgan fingerprint density at radius 3 is 2.00 bits per heavy atom. The second kappa shape index (κ2) is 3.91. The standard InChI is InChI=1S/C14H16/c1-3-5-12-8-13-6-11(4-2)7-14(9-12)10-13/h13-14H,1-2,6-10H2. The minimum Gasteiger partial charge on any atom is -0.130 e. The lowest BCUT2D eigenvalue weighted by atomic mass is 9.69. The molecular formula is C14H16. The van der Waals surface area contributed by atoms with Crippen LogP contribution in [0.1, 0.15) is 32.1 Å². The summed E-state index contributed by atoms with van der Waals surface area (Å²) in [7, 11) is 0. The lowest BCUT2D eigenvalue weighted by Gasteiger charge is -2.35. The van der Waals surface area contributed by atoms with E-state index in [1.54, 1.807) is 0 Å². The molecule has 0 spiro atoms. The molecule has 2 rings (SSSR count). The summed E-state index contributed by atoms with van der Waals surface area (Å²) in [6, 6.07) is 0. The zero-order valence-electron chi connectivity index (χ0n) is 8.60. The van der Waals surface area contributed by atoms with Crippen LogP contribution in [0.2, 0.25) is 0 Å². The van der Waals surface area contributed by atoms with Crippen molar-refractivity contribution in [2.75, 3.05) is 0 Å². The normalized spacial score (nSPS) is 30.3. The first-order chi connectivity index (χ1) is 6.81. The van der Waals surface area contributed by atoms with Crippen LogP contribution in [0.25, 0.3) is 0 Å². The van der Waals surface area contributed by atoms with E-state index in [4.69, 9.17) is 0 Å². The molecule has 0 aromatic heterocycles. The average molecular weight is 184 g/mol. The van der Waals surface area contributed by atoms with E-state index in [-0.39, 0.29) is 0 Å². The molecule has 2 aliphatic carbocycles. The zero-order valence-corrected chi connectivity index (χ0v) is 8.60. The largest absolute Gasteiger partial charge is 0.130 e. The summed E-state index contributed by atoms with van der Waals surface area (Å²) in [5, 5.41) is 0. The molecule has 0 aromatic rings. The first kappa shape index (κ1) is 9.38. The molecule has 0 N–H and O–H groups in total. The van der Waals surface area contributed by atoms with Crippen LogP contribution in [-0.4, -0.2) is 0 Å². The summed E-state index contributed by atoms with van der Waals surface area (Å²) in [6.07, 6.45) is 6.15. The van der Waals surface area contributed by atoms with E-state index in [0.29, 0.717) is 0 Å². The average Bonchev–Trinajstić information content (AvgIpc) is 2.16. The molecule has 0 amide bonds. The Hall–Kier alpha value is -1.18. The lowest BCUT2D eigenvalue weighted by Crippen LogP contribution is -2.23. The molecule has 72 valence electrons. The Bertz CT molecular complexity index is 349. The molecule has 2 unspecified atom stereocenters. The van der Waals surface area contributed by atoms with Crippen molar-refractivity contribution in [3.8, 4) is 0 Å². The van der Waals surface area contributed by atoms with Crippen molar-refractivity contribution in [2.45, 2.75) is 32.1 Å². The minimum absolute atomic E-state index is 0.808. The summed E-state index contributed by atoms with van der Waals surface area (Å²) < 4.78 is 0. The second-order valence-corrected chi connectivity index (χ2v) is 4.47. The summed E-state index contributed by atoms with van der Waals surface area (Å²) in [4.78, 5) is 0. The summed E-state index contributed by atoms with van der Waals surface area (Å²) in [5.74, 6) is 1.62. The summed E-state index contributed by atoms with van der Waals surface area (Å²) >= 11 is 0. The first-order valence-corrected chi connectivity index (χ1v) is 5.32. The van der Waals surface area contributed by atoms with Crippen molar-refractivity contribution >= 4 is 0 Å². The van der Waals surface area contributed by atoms with Crippen molar-refractivity contribution in [3.05, 3.63) is 41.5 Å². The Balaban J connectivity index is 2.21. The quantitative estimate of drug-likeness (QED) is 0.503. The fourth-order valence-corrected chi connectivity index (χ4v) is 2.88. The van der Waals surface area contributed by atoms with Crippen molar-refractivity contribution in [1.29, 1.82) is 0 Å². The van der Waals surface area contributed by atoms with E-state index in [0.717, 1.165) is 11.8 Å². The number of hydrogen-bond acceptors (Lipinski definition) is 0. The molecule has 0 saturated heterocycles. The fraction of sp³-hybridized carbons (Fsp3) is 0.500. The number of rotatable bonds is 0. The third-order valence-electron chi connectivity index (χ3n) is 3.32. The van der Waals surface area contributed by atoms with Gasteiger partial charge in [0, 0.05) is 0 Å². The van der Waals surface area contributed by atoms with Crippen LogP contribution >= 0.6 is 0 Å². The van der Waals surface area contributed by atoms with Gasteiger partial charge in [-0.3, -0.25) is 0 Å². The number of fused-ring (bicyclic) bond motifs is 2. The molecule has 2 bridgehead atoms. The van der Waals surface area contributed by atoms with Crippen LogP contribution in [0.4, 0.5) is 0 Å². The molecule has 0 nitrogen and oxygen atoms in total. The van der Waals surface area contributed by atoms with E-state index in [9.17, 15) is 0 Å². The van der Waals surface area contributed by atoms with Gasteiger partial charge in [-0.2, -0.15) is 0 Å². The first-order valence-electron chi connectivity index (χ1n) is 5.32. The Morgan fingerprint density at radius 1 is 0.929 bits per heavy atom. The number of allylic oxidation sites excluding steroid dienone is 2. The molecule has 0 heterocycles. The Labute approximate surface area is 86.0 Å². The highest BCUT2D eigenvalue weighted by Crippen LogP contribution is 2.43. The molecule has 2 saturated carbocycles. The summed E-state index contributed by atoms with van der Waals surface area (Å²) in [5.41, 5.74) is 11.9. The van der Waals surface area contributed by atoms with Crippen molar-refractivity contribution in [2.24, 2.45) is 11.8 Å². The molecular weight excluding hydrogens is 168 g/mol. The molecule has 14 heavy (non-hydrogen) atoms. The van der Waals surface area contributed by atoms with E-state index in [2.05, 4.69) is 30.4 Å². The van der Waals surface area contributed by atoms with Crippen LogP contribution in [0, 0.1) is 11.8 Å². The van der Waals surface area contributed by atoms with Gasteiger partial charge in [-0.15, -0.1) is 5.73 Å². The van der Waals surface area contributed by atoms with Gasteiger partial charge in [0.15, 0.2) is 0 Å². The van der Waals surface area contributed by atoms with Gasteiger partial charge in [0.25, 0.3) is 0 Å². The monoisotopic (exact) mass is 184 g/mol. The van der Waals surface area contributed by atoms with Gasteiger partial charge in [-0.1, -0.05) is 18.0 Å². The maximum atomic E-state index is 3.76. The van der Waals surface area contributed by atoms with Crippen LogP contribution in [0.5, 0.6) is 0 Å². The van der Waals surface area contributed by atoms with Gasteiger partial charge in [0.1, 0.15) is 0 Å². The molecule has 2 aliphatic rings. The Kier molecular flexibility index (Phi) is 2.62. The number of hydrogen-bond donors (Lipinski definition) is 0. The van der Waals surface area contributed by atoms with E-state index in [1.807, 2.05) is 0 Å². The van der Waals surface area contributed by atoms with E-state index >= 15 is 0 Å². The summed E-state index contributed by atoms with van der Waals surface area (Å²) in [6.45, 7) is 7.36. The predicted octanol–water partition coefficient (Wildman–Crippen LogP) is 3.77. The molecule has 0 aromatic carbocycles. The molecule has 2 fully saturated rings. The fourth-order valence-electron chi connectivity index (χ4n) is 2.88. The highest BCUT2D eigenvalue weighted by Gasteiger charge is 2.30. The Morgan fingerprint density at radius 2 is 1.50 bits per heavy atom. The predicted molar refractivity (Wildman–Crippen MR) is 58.9 cm³/mol. The molecule has 2 atom stereocenters. The van der Waals surface area contributed by atoms with Crippen LogP contribution in [0.3, 0.4) is 0 Å². The highest BCUT2D eigenvalue weighted by molar-refractivity contribution is 5.15. The van der Waals surface area contributed by atoms with Crippen LogP contribution in [0.15, 0.2) is 41.5 Å². The maximum Gasteiger partial charge on any atom is -0.0194 e. The smallest absolute Gasteiger partial charge is 0.0194 e. The SMILES string of the molecule is C=C=C=C1CC2CC(=C=C)CC(C1)C2. The van der Waals surface area contributed by atoms with Crippen molar-refractivity contribution in [3.63, 3.8) is 0 Å².